The van der Waals surface area contributed by atoms with Crippen LogP contribution in [0.1, 0.15) is 10.4 Å². The van der Waals surface area contributed by atoms with Gasteiger partial charge in [0, 0.05) is 28.0 Å². The van der Waals surface area contributed by atoms with Crippen molar-refractivity contribution in [3.63, 3.8) is 0 Å². The highest BCUT2D eigenvalue weighted by atomic mass is 35.5. The normalized spacial score (nSPS) is 13.4. The second-order valence-corrected chi connectivity index (χ2v) is 7.82. The summed E-state index contributed by atoms with van der Waals surface area (Å²) in [7, 11) is 1.54. The lowest BCUT2D eigenvalue weighted by molar-refractivity contribution is -0.120. The van der Waals surface area contributed by atoms with Gasteiger partial charge in [0.1, 0.15) is 16.5 Å². The molecule has 1 heterocycles. The molecule has 4 rings (SSSR count). The van der Waals surface area contributed by atoms with Crippen molar-refractivity contribution in [2.75, 3.05) is 22.6 Å². The molecule has 3 aromatic carbocycles. The first-order valence-corrected chi connectivity index (χ1v) is 10.5. The van der Waals surface area contributed by atoms with Crippen LogP contribution in [0.4, 0.5) is 17.1 Å². The largest absolute Gasteiger partial charge is 0.497 e. The van der Waals surface area contributed by atoms with Crippen LogP contribution >= 0.6 is 23.2 Å². The van der Waals surface area contributed by atoms with E-state index in [9.17, 15) is 14.4 Å². The zero-order valence-electron chi connectivity index (χ0n) is 17.3. The van der Waals surface area contributed by atoms with Crippen molar-refractivity contribution in [2.45, 2.75) is 0 Å². The van der Waals surface area contributed by atoms with E-state index in [1.807, 2.05) is 0 Å². The summed E-state index contributed by atoms with van der Waals surface area (Å²) in [6.45, 7) is 0. The SMILES string of the molecule is COc1cccc(NC(=O)c2cccc(NC3=C(Cl)C(=O)N(c4cccc(Cl)c4)C3=O)c2)c1. The minimum absolute atomic E-state index is 0.0907. The molecule has 166 valence electrons. The maximum Gasteiger partial charge on any atom is 0.283 e. The van der Waals surface area contributed by atoms with Crippen molar-refractivity contribution < 1.29 is 19.1 Å². The van der Waals surface area contributed by atoms with E-state index in [0.717, 1.165) is 4.90 Å². The van der Waals surface area contributed by atoms with Gasteiger partial charge in [-0.25, -0.2) is 4.90 Å². The molecule has 0 atom stereocenters. The molecule has 0 saturated heterocycles. The summed E-state index contributed by atoms with van der Waals surface area (Å²) in [6, 6.07) is 19.8. The maximum atomic E-state index is 12.9. The average molecular weight is 482 g/mol. The van der Waals surface area contributed by atoms with E-state index in [0.29, 0.717) is 33.4 Å². The monoisotopic (exact) mass is 481 g/mol. The van der Waals surface area contributed by atoms with Gasteiger partial charge >= 0.3 is 0 Å². The molecule has 3 aromatic rings. The molecule has 0 fully saturated rings. The average Bonchev–Trinajstić information content (AvgIpc) is 3.02. The topological polar surface area (TPSA) is 87.7 Å². The highest BCUT2D eigenvalue weighted by Crippen LogP contribution is 2.31. The quantitative estimate of drug-likeness (QED) is 0.481. The highest BCUT2D eigenvalue weighted by Gasteiger charge is 2.39. The number of anilines is 3. The van der Waals surface area contributed by atoms with Crippen molar-refractivity contribution in [2.24, 2.45) is 0 Å². The summed E-state index contributed by atoms with van der Waals surface area (Å²) < 4.78 is 5.16. The van der Waals surface area contributed by atoms with Gasteiger partial charge in [0.15, 0.2) is 0 Å². The minimum Gasteiger partial charge on any atom is -0.497 e. The summed E-state index contributed by atoms with van der Waals surface area (Å²) in [4.78, 5) is 39.2. The minimum atomic E-state index is -0.668. The summed E-state index contributed by atoms with van der Waals surface area (Å²) in [5.41, 5.74) is 1.53. The third kappa shape index (κ3) is 4.69. The van der Waals surface area contributed by atoms with E-state index in [2.05, 4.69) is 10.6 Å². The number of amides is 3. The van der Waals surface area contributed by atoms with E-state index in [-0.39, 0.29) is 16.6 Å². The molecule has 0 unspecified atom stereocenters. The van der Waals surface area contributed by atoms with Gasteiger partial charge in [-0.1, -0.05) is 41.4 Å². The van der Waals surface area contributed by atoms with Crippen molar-refractivity contribution in [3.8, 4) is 5.75 Å². The van der Waals surface area contributed by atoms with Crippen molar-refractivity contribution in [1.29, 1.82) is 0 Å². The van der Waals surface area contributed by atoms with Crippen molar-refractivity contribution >= 4 is 58.0 Å². The zero-order valence-corrected chi connectivity index (χ0v) is 18.8. The number of nitrogens with zero attached hydrogens (tertiary/aromatic N) is 1. The predicted octanol–water partition coefficient (Wildman–Crippen LogP) is 5.04. The first-order chi connectivity index (χ1) is 15.9. The van der Waals surface area contributed by atoms with Crippen molar-refractivity contribution in [3.05, 3.63) is 94.1 Å². The number of benzene rings is 3. The fraction of sp³-hybridized carbons (Fsp3) is 0.0417. The number of halogens is 2. The summed E-state index contributed by atoms with van der Waals surface area (Å²) in [6.07, 6.45) is 0. The third-order valence-electron chi connectivity index (χ3n) is 4.82. The molecule has 0 aliphatic carbocycles. The van der Waals surface area contributed by atoms with E-state index < -0.39 is 11.8 Å². The van der Waals surface area contributed by atoms with Gasteiger partial charge in [-0.05, 0) is 48.5 Å². The van der Waals surface area contributed by atoms with Gasteiger partial charge in [-0.3, -0.25) is 14.4 Å². The molecule has 3 amide bonds. The molecular weight excluding hydrogens is 465 g/mol. The number of hydrogen-bond acceptors (Lipinski definition) is 5. The van der Waals surface area contributed by atoms with Crippen LogP contribution in [0, 0.1) is 0 Å². The van der Waals surface area contributed by atoms with Crippen molar-refractivity contribution in [1.82, 2.24) is 0 Å². The predicted molar refractivity (Wildman–Crippen MR) is 128 cm³/mol. The van der Waals surface area contributed by atoms with Gasteiger partial charge < -0.3 is 15.4 Å². The fourth-order valence-corrected chi connectivity index (χ4v) is 3.64. The second kappa shape index (κ2) is 9.36. The first-order valence-electron chi connectivity index (χ1n) is 9.74. The van der Waals surface area contributed by atoms with E-state index in [1.54, 1.807) is 73.8 Å². The lowest BCUT2D eigenvalue weighted by Crippen LogP contribution is -2.32. The van der Waals surface area contributed by atoms with E-state index >= 15 is 0 Å². The first kappa shape index (κ1) is 22.4. The molecule has 9 heteroatoms. The number of carbonyl (C=O) groups excluding carboxylic acids is 3. The van der Waals surface area contributed by atoms with Crippen LogP contribution in [-0.4, -0.2) is 24.8 Å². The Kier molecular flexibility index (Phi) is 6.35. The lowest BCUT2D eigenvalue weighted by Gasteiger charge is -2.15. The molecule has 1 aliphatic rings. The second-order valence-electron chi connectivity index (χ2n) is 7.01. The number of carbonyl (C=O) groups is 3. The Labute approximate surface area is 199 Å². The Hall–Kier alpha value is -3.81. The number of ether oxygens (including phenoxy) is 1. The molecule has 33 heavy (non-hydrogen) atoms. The molecule has 0 spiro atoms. The molecule has 0 aromatic heterocycles. The van der Waals surface area contributed by atoms with Crippen LogP contribution in [-0.2, 0) is 9.59 Å². The number of hydrogen-bond donors (Lipinski definition) is 2. The van der Waals surface area contributed by atoms with Crippen LogP contribution in [0.3, 0.4) is 0 Å². The van der Waals surface area contributed by atoms with E-state index in [4.69, 9.17) is 27.9 Å². The fourth-order valence-electron chi connectivity index (χ4n) is 3.25. The van der Waals surface area contributed by atoms with Gasteiger partial charge in [0.25, 0.3) is 17.7 Å². The number of nitrogens with one attached hydrogen (secondary N) is 2. The van der Waals surface area contributed by atoms with E-state index in [1.165, 1.54) is 6.07 Å². The molecule has 0 saturated carbocycles. The van der Waals surface area contributed by atoms with Crippen LogP contribution < -0.4 is 20.3 Å². The standard InChI is InChI=1S/C24H17Cl2N3O4/c1-33-19-10-4-8-17(13-19)28-22(30)14-5-2-7-16(11-14)27-21-20(26)23(31)29(24(21)32)18-9-3-6-15(25)12-18/h2-13,27H,1H3,(H,28,30). The van der Waals surface area contributed by atoms with Crippen LogP contribution in [0.25, 0.3) is 0 Å². The Bertz CT molecular complexity index is 1310. The smallest absolute Gasteiger partial charge is 0.283 e. The number of rotatable bonds is 6. The van der Waals surface area contributed by atoms with Crippen LogP contribution in [0.15, 0.2) is 83.5 Å². The molecular formula is C24H17Cl2N3O4. The summed E-state index contributed by atoms with van der Waals surface area (Å²) in [5.74, 6) is -1.04. The van der Waals surface area contributed by atoms with Gasteiger partial charge in [0.05, 0.1) is 12.8 Å². The number of imide groups is 1. The third-order valence-corrected chi connectivity index (χ3v) is 5.40. The Morgan fingerprint density at radius 3 is 2.36 bits per heavy atom. The molecule has 7 nitrogen and oxygen atoms in total. The Morgan fingerprint density at radius 2 is 1.61 bits per heavy atom. The molecule has 0 bridgehead atoms. The molecule has 2 N–H and O–H groups in total. The lowest BCUT2D eigenvalue weighted by atomic mass is 10.1. The van der Waals surface area contributed by atoms with Gasteiger partial charge in [-0.15, -0.1) is 0 Å². The summed E-state index contributed by atoms with van der Waals surface area (Å²) in [5, 5.41) is 5.77. The zero-order chi connectivity index (χ0) is 23.5. The highest BCUT2D eigenvalue weighted by molar-refractivity contribution is 6.53. The number of methoxy groups -OCH3 is 1. The Balaban J connectivity index is 1.53. The Morgan fingerprint density at radius 1 is 0.879 bits per heavy atom. The van der Waals surface area contributed by atoms with Gasteiger partial charge in [-0.2, -0.15) is 0 Å². The van der Waals surface area contributed by atoms with Crippen LogP contribution in [0.2, 0.25) is 5.02 Å². The molecule has 0 radical (unpaired) electrons. The van der Waals surface area contributed by atoms with Crippen LogP contribution in [0.5, 0.6) is 5.75 Å². The molecule has 1 aliphatic heterocycles. The summed E-state index contributed by atoms with van der Waals surface area (Å²) >= 11 is 12.2. The maximum absolute atomic E-state index is 12.9. The van der Waals surface area contributed by atoms with Gasteiger partial charge in [0.2, 0.25) is 0 Å².